The topological polar surface area (TPSA) is 124 Å². The lowest BCUT2D eigenvalue weighted by molar-refractivity contribution is -0.213. The molecular weight excluding hydrogens is 328 g/mol. The van der Waals surface area contributed by atoms with Gasteiger partial charge in [-0.1, -0.05) is 32.0 Å². The molecule has 1 aromatic rings. The first-order chi connectivity index (χ1) is 10.7. The normalized spacial score (nSPS) is 11.7. The summed E-state index contributed by atoms with van der Waals surface area (Å²) in [6, 6.07) is 6.81. The third-order valence-corrected chi connectivity index (χ3v) is 4.56. The van der Waals surface area contributed by atoms with Crippen molar-refractivity contribution < 1.29 is 37.1 Å². The number of ketones is 1. The van der Waals surface area contributed by atoms with Crippen LogP contribution in [0, 0.1) is 5.41 Å². The van der Waals surface area contributed by atoms with Crippen LogP contribution >= 0.6 is 0 Å². The van der Waals surface area contributed by atoms with Gasteiger partial charge in [0.15, 0.2) is 0 Å². The summed E-state index contributed by atoms with van der Waals surface area (Å²) in [6.07, 6.45) is -0.309. The van der Waals surface area contributed by atoms with Crippen molar-refractivity contribution in [1.82, 2.24) is 0 Å². The Morgan fingerprint density at radius 3 is 2.04 bits per heavy atom. The number of rotatable bonds is 8. The van der Waals surface area contributed by atoms with Gasteiger partial charge in [0, 0.05) is 0 Å². The Labute approximate surface area is 133 Å². The molecule has 0 aliphatic heterocycles. The summed E-state index contributed by atoms with van der Waals surface area (Å²) in [6.45, 7) is 2.84. The molecule has 1 aromatic carbocycles. The Hall–Kier alpha value is -2.26. The lowest BCUT2D eigenvalue weighted by atomic mass is 9.78. The van der Waals surface area contributed by atoms with Crippen LogP contribution in [-0.2, 0) is 33.7 Å². The van der Waals surface area contributed by atoms with E-state index in [1.807, 2.05) is 0 Å². The molecule has 9 heteroatoms. The molecule has 0 saturated heterocycles. The molecule has 0 bridgehead atoms. The van der Waals surface area contributed by atoms with Crippen LogP contribution in [-0.4, -0.2) is 31.2 Å². The van der Waals surface area contributed by atoms with Crippen molar-refractivity contribution in [2.45, 2.75) is 31.6 Å². The first kappa shape index (κ1) is 18.8. The molecule has 0 amide bonds. The molecular formula is C14H16O8S. The van der Waals surface area contributed by atoms with E-state index in [1.165, 1.54) is 38.1 Å². The van der Waals surface area contributed by atoms with Crippen molar-refractivity contribution in [3.63, 3.8) is 0 Å². The lowest BCUT2D eigenvalue weighted by Gasteiger charge is -2.22. The van der Waals surface area contributed by atoms with Crippen molar-refractivity contribution in [3.05, 3.63) is 30.3 Å². The molecule has 0 radical (unpaired) electrons. The van der Waals surface area contributed by atoms with E-state index in [0.717, 1.165) is 0 Å². The minimum absolute atomic E-state index is 0.155. The largest absolute Gasteiger partial charge is 0.480 e. The van der Waals surface area contributed by atoms with Crippen molar-refractivity contribution in [3.8, 4) is 0 Å². The van der Waals surface area contributed by atoms with Crippen LogP contribution in [0.15, 0.2) is 35.2 Å². The predicted octanol–water partition coefficient (Wildman–Crippen LogP) is 1.31. The van der Waals surface area contributed by atoms with Crippen molar-refractivity contribution in [2.75, 3.05) is 0 Å². The predicted molar refractivity (Wildman–Crippen MR) is 76.5 cm³/mol. The fourth-order valence-electron chi connectivity index (χ4n) is 1.91. The van der Waals surface area contributed by atoms with Crippen molar-refractivity contribution in [2.24, 2.45) is 5.41 Å². The fraction of sp³-hybridized carbons (Fsp3) is 0.357. The molecule has 23 heavy (non-hydrogen) atoms. The molecule has 0 spiro atoms. The second kappa shape index (κ2) is 7.34. The monoisotopic (exact) mass is 344 g/mol. The Balaban J connectivity index is 2.88. The third kappa shape index (κ3) is 3.93. The fourth-order valence-corrected chi connectivity index (χ4v) is 2.63. The number of aliphatic carboxylic acids is 1. The Morgan fingerprint density at radius 2 is 1.61 bits per heavy atom. The van der Waals surface area contributed by atoms with Crippen molar-refractivity contribution in [1.29, 1.82) is 0 Å². The number of benzene rings is 1. The van der Waals surface area contributed by atoms with Gasteiger partial charge in [0.2, 0.25) is 0 Å². The van der Waals surface area contributed by atoms with Crippen LogP contribution in [0.2, 0.25) is 0 Å². The molecule has 126 valence electrons. The summed E-state index contributed by atoms with van der Waals surface area (Å²) < 4.78 is 27.6. The number of carbonyl (C=O) groups is 3. The average molecular weight is 344 g/mol. The highest BCUT2D eigenvalue weighted by Gasteiger charge is 2.47. The Kier molecular flexibility index (Phi) is 5.99. The molecule has 0 aliphatic carbocycles. The van der Waals surface area contributed by atoms with Crippen LogP contribution < -0.4 is 0 Å². The first-order valence-corrected chi connectivity index (χ1v) is 8.10. The molecule has 0 aromatic heterocycles. The molecule has 0 atom stereocenters. The summed E-state index contributed by atoms with van der Waals surface area (Å²) >= 11 is 0. The first-order valence-electron chi connectivity index (χ1n) is 6.69. The van der Waals surface area contributed by atoms with E-state index < -0.39 is 33.3 Å². The molecule has 0 aliphatic rings. The highest BCUT2D eigenvalue weighted by Crippen LogP contribution is 2.28. The third-order valence-electron chi connectivity index (χ3n) is 3.47. The molecule has 0 unspecified atom stereocenters. The molecule has 0 fully saturated rings. The molecule has 0 heterocycles. The van der Waals surface area contributed by atoms with E-state index in [4.69, 9.17) is 5.11 Å². The Morgan fingerprint density at radius 1 is 1.09 bits per heavy atom. The summed E-state index contributed by atoms with van der Waals surface area (Å²) in [7, 11) is -4.41. The molecule has 8 nitrogen and oxygen atoms in total. The second-order valence-corrected chi connectivity index (χ2v) is 6.15. The summed E-state index contributed by atoms with van der Waals surface area (Å²) in [5, 5.41) is 9.16. The highest BCUT2D eigenvalue weighted by atomic mass is 32.2. The van der Waals surface area contributed by atoms with Gasteiger partial charge in [-0.15, -0.1) is 0 Å². The summed E-state index contributed by atoms with van der Waals surface area (Å²) in [5.41, 5.74) is -1.98. The molecule has 0 saturated carbocycles. The van der Waals surface area contributed by atoms with E-state index in [-0.39, 0.29) is 17.7 Å². The number of hydrogen-bond acceptors (Lipinski definition) is 7. The zero-order chi connectivity index (χ0) is 17.7. The number of hydrogen-bond donors (Lipinski definition) is 1. The second-order valence-electron chi connectivity index (χ2n) is 4.63. The quantitative estimate of drug-likeness (QED) is 0.324. The van der Waals surface area contributed by atoms with Crippen LogP contribution in [0.4, 0.5) is 0 Å². The van der Waals surface area contributed by atoms with Gasteiger partial charge < -0.3 is 5.11 Å². The minimum Gasteiger partial charge on any atom is -0.480 e. The highest BCUT2D eigenvalue weighted by molar-refractivity contribution is 7.86. The van der Waals surface area contributed by atoms with E-state index in [1.54, 1.807) is 6.07 Å². The Bertz CT molecular complexity index is 689. The van der Waals surface area contributed by atoms with E-state index in [9.17, 15) is 22.8 Å². The van der Waals surface area contributed by atoms with Gasteiger partial charge in [-0.3, -0.25) is 14.5 Å². The van der Waals surface area contributed by atoms with E-state index in [0.29, 0.717) is 0 Å². The van der Waals surface area contributed by atoms with E-state index >= 15 is 0 Å². The van der Waals surface area contributed by atoms with Gasteiger partial charge in [0.05, 0.1) is 4.90 Å². The van der Waals surface area contributed by atoms with Gasteiger partial charge in [-0.2, -0.15) is 8.42 Å². The van der Waals surface area contributed by atoms with Gasteiger partial charge in [-0.25, -0.2) is 4.79 Å². The van der Waals surface area contributed by atoms with Crippen LogP contribution in [0.5, 0.6) is 0 Å². The maximum atomic E-state index is 12.0. The number of carboxylic acids is 1. The standard InChI is InChI=1S/C14H16O8S/c1-3-14(4-2,13(17)18)11(15)12(16)21-22-23(19,20)10-8-6-5-7-9-10/h5-9H,3-4H2,1-2H3,(H,17,18). The zero-order valence-corrected chi connectivity index (χ0v) is 13.3. The SMILES string of the molecule is CCC(CC)(C(=O)O)C(=O)C(=O)OOS(=O)(=O)c1ccccc1. The van der Waals surface area contributed by atoms with Gasteiger partial charge in [-0.05, 0) is 29.3 Å². The summed E-state index contributed by atoms with van der Waals surface area (Å²) in [4.78, 5) is 38.7. The van der Waals surface area contributed by atoms with Gasteiger partial charge in [0.1, 0.15) is 5.41 Å². The lowest BCUT2D eigenvalue weighted by Crippen LogP contribution is -2.43. The number of carbonyl (C=O) groups excluding carboxylic acids is 2. The number of Topliss-reactive ketones (excluding diaryl/α,β-unsaturated/α-hetero) is 1. The van der Waals surface area contributed by atoms with Crippen LogP contribution in [0.3, 0.4) is 0 Å². The maximum absolute atomic E-state index is 12.0. The van der Waals surface area contributed by atoms with Crippen molar-refractivity contribution >= 4 is 27.8 Å². The smallest absolute Gasteiger partial charge is 0.411 e. The molecule has 1 rings (SSSR count). The van der Waals surface area contributed by atoms with E-state index in [2.05, 4.69) is 9.22 Å². The zero-order valence-electron chi connectivity index (χ0n) is 12.5. The van der Waals surface area contributed by atoms with Gasteiger partial charge in [0.25, 0.3) is 5.78 Å². The minimum atomic E-state index is -4.41. The summed E-state index contributed by atoms with van der Waals surface area (Å²) in [5.74, 6) is -4.55. The number of carboxylic acid groups (broad SMARTS) is 1. The average Bonchev–Trinajstić information content (AvgIpc) is 2.54. The van der Waals surface area contributed by atoms with Crippen LogP contribution in [0.1, 0.15) is 26.7 Å². The van der Waals surface area contributed by atoms with Crippen LogP contribution in [0.25, 0.3) is 0 Å². The molecule has 1 N–H and O–H groups in total. The maximum Gasteiger partial charge on any atom is 0.411 e. The van der Waals surface area contributed by atoms with Gasteiger partial charge >= 0.3 is 22.1 Å².